The van der Waals surface area contributed by atoms with Crippen molar-refractivity contribution < 1.29 is 14.0 Å². The van der Waals surface area contributed by atoms with E-state index in [4.69, 9.17) is 4.52 Å². The maximum Gasteiger partial charge on any atom is 0.373 e. The Morgan fingerprint density at radius 2 is 2.06 bits per heavy atom. The van der Waals surface area contributed by atoms with Crippen LogP contribution >= 0.6 is 7.60 Å². The van der Waals surface area contributed by atoms with Crippen molar-refractivity contribution in [1.29, 1.82) is 0 Å². The standard InChI is InChI=1S/C13H18NO3P/c1-4-10-11-8-9(17-18(3,15)16)6-7-13(11)14-12(10)5-2/h6-8,14H,4-5H2,1-3H3,(H,15,16). The molecule has 98 valence electrons. The lowest BCUT2D eigenvalue weighted by Gasteiger charge is -2.08. The van der Waals surface area contributed by atoms with Gasteiger partial charge in [-0.25, -0.2) is 4.57 Å². The second-order valence-electron chi connectivity index (χ2n) is 4.39. The molecule has 0 fully saturated rings. The van der Waals surface area contributed by atoms with E-state index in [0.29, 0.717) is 5.75 Å². The zero-order valence-corrected chi connectivity index (χ0v) is 11.8. The first kappa shape index (κ1) is 13.2. The fourth-order valence-electron chi connectivity index (χ4n) is 2.24. The predicted molar refractivity (Wildman–Crippen MR) is 73.4 cm³/mol. The van der Waals surface area contributed by atoms with Gasteiger partial charge in [-0.05, 0) is 36.6 Å². The molecule has 1 heterocycles. The number of aromatic amines is 1. The van der Waals surface area contributed by atoms with Gasteiger partial charge < -0.3 is 14.4 Å². The number of aromatic nitrogens is 1. The van der Waals surface area contributed by atoms with Crippen molar-refractivity contribution in [1.82, 2.24) is 4.98 Å². The molecule has 0 aliphatic heterocycles. The topological polar surface area (TPSA) is 62.3 Å². The summed E-state index contributed by atoms with van der Waals surface area (Å²) in [4.78, 5) is 12.6. The van der Waals surface area contributed by atoms with E-state index in [2.05, 4.69) is 18.8 Å². The molecule has 0 radical (unpaired) electrons. The lowest BCUT2D eigenvalue weighted by molar-refractivity contribution is 0.388. The van der Waals surface area contributed by atoms with Gasteiger partial charge in [0.05, 0.1) is 0 Å². The van der Waals surface area contributed by atoms with Crippen LogP contribution in [0.4, 0.5) is 0 Å². The number of H-pyrrole nitrogens is 1. The van der Waals surface area contributed by atoms with Crippen molar-refractivity contribution in [3.63, 3.8) is 0 Å². The first-order chi connectivity index (χ1) is 8.44. The van der Waals surface area contributed by atoms with E-state index >= 15 is 0 Å². The Balaban J connectivity index is 2.52. The minimum Gasteiger partial charge on any atom is -0.425 e. The minimum absolute atomic E-state index is 0.437. The smallest absolute Gasteiger partial charge is 0.373 e. The summed E-state index contributed by atoms with van der Waals surface area (Å²) in [6, 6.07) is 5.43. The van der Waals surface area contributed by atoms with Gasteiger partial charge in [0.1, 0.15) is 5.75 Å². The average Bonchev–Trinajstić information content (AvgIpc) is 2.63. The van der Waals surface area contributed by atoms with Crippen molar-refractivity contribution in [2.24, 2.45) is 0 Å². The number of nitrogens with one attached hydrogen (secondary N) is 1. The van der Waals surface area contributed by atoms with Crippen LogP contribution in [0, 0.1) is 0 Å². The molecule has 1 aromatic carbocycles. The van der Waals surface area contributed by atoms with E-state index in [9.17, 15) is 9.46 Å². The van der Waals surface area contributed by atoms with Gasteiger partial charge in [0.2, 0.25) is 0 Å². The highest BCUT2D eigenvalue weighted by atomic mass is 31.2. The molecule has 1 unspecified atom stereocenters. The summed E-state index contributed by atoms with van der Waals surface area (Å²) in [5.41, 5.74) is 3.51. The Hall–Kier alpha value is -1.25. The first-order valence-electron chi connectivity index (χ1n) is 6.08. The first-order valence-corrected chi connectivity index (χ1v) is 8.10. The van der Waals surface area contributed by atoms with Crippen LogP contribution < -0.4 is 4.52 Å². The molecule has 5 heteroatoms. The monoisotopic (exact) mass is 267 g/mol. The lowest BCUT2D eigenvalue weighted by Crippen LogP contribution is -1.89. The summed E-state index contributed by atoms with van der Waals surface area (Å²) >= 11 is 0. The molecule has 0 spiro atoms. The molecular formula is C13H18NO3P. The summed E-state index contributed by atoms with van der Waals surface area (Å²) in [6.07, 6.45) is 1.87. The van der Waals surface area contributed by atoms with Crippen LogP contribution in [0.1, 0.15) is 25.1 Å². The molecule has 0 aliphatic rings. The van der Waals surface area contributed by atoms with E-state index in [1.807, 2.05) is 12.1 Å². The Bertz CT molecular complexity index is 612. The molecule has 4 nitrogen and oxygen atoms in total. The van der Waals surface area contributed by atoms with E-state index in [1.54, 1.807) is 6.07 Å². The molecule has 18 heavy (non-hydrogen) atoms. The third kappa shape index (κ3) is 2.60. The Labute approximate surface area is 107 Å². The summed E-state index contributed by atoms with van der Waals surface area (Å²) in [6.45, 7) is 5.40. The number of benzene rings is 1. The predicted octanol–water partition coefficient (Wildman–Crippen LogP) is 3.49. The number of rotatable bonds is 4. The quantitative estimate of drug-likeness (QED) is 0.833. The maximum absolute atomic E-state index is 11.3. The second-order valence-corrected chi connectivity index (χ2v) is 6.18. The van der Waals surface area contributed by atoms with Crippen LogP contribution in [-0.4, -0.2) is 16.5 Å². The number of hydrogen-bond donors (Lipinski definition) is 2. The van der Waals surface area contributed by atoms with Crippen LogP contribution in [-0.2, 0) is 17.4 Å². The number of hydrogen-bond acceptors (Lipinski definition) is 2. The van der Waals surface area contributed by atoms with Gasteiger partial charge in [0.25, 0.3) is 0 Å². The third-order valence-corrected chi connectivity index (χ3v) is 3.50. The third-order valence-electron chi connectivity index (χ3n) is 2.95. The summed E-state index contributed by atoms with van der Waals surface area (Å²) in [5.74, 6) is 0.437. The SMILES string of the molecule is CCc1[nH]c2ccc(OP(C)(=O)O)cc2c1CC. The molecule has 1 aromatic heterocycles. The molecule has 2 aromatic rings. The largest absolute Gasteiger partial charge is 0.425 e. The van der Waals surface area contributed by atoms with Gasteiger partial charge in [0, 0.05) is 23.3 Å². The zero-order chi connectivity index (χ0) is 13.3. The fourth-order valence-corrected chi connectivity index (χ4v) is 2.75. The molecule has 0 bridgehead atoms. The van der Waals surface area contributed by atoms with Crippen LogP contribution in [0.3, 0.4) is 0 Å². The molecular weight excluding hydrogens is 249 g/mol. The van der Waals surface area contributed by atoms with Gasteiger partial charge in [-0.1, -0.05) is 13.8 Å². The Morgan fingerprint density at radius 1 is 1.33 bits per heavy atom. The summed E-state index contributed by atoms with van der Waals surface area (Å²) < 4.78 is 16.3. The molecule has 0 aliphatic carbocycles. The summed E-state index contributed by atoms with van der Waals surface area (Å²) in [5, 5.41) is 1.07. The highest BCUT2D eigenvalue weighted by Crippen LogP contribution is 2.39. The van der Waals surface area contributed by atoms with Gasteiger partial charge in [-0.3, -0.25) is 0 Å². The van der Waals surface area contributed by atoms with E-state index in [0.717, 1.165) is 23.7 Å². The second kappa shape index (κ2) is 4.79. The molecule has 0 saturated heterocycles. The van der Waals surface area contributed by atoms with E-state index in [1.165, 1.54) is 17.9 Å². The zero-order valence-electron chi connectivity index (χ0n) is 10.9. The average molecular weight is 267 g/mol. The fraction of sp³-hybridized carbons (Fsp3) is 0.385. The molecule has 2 N–H and O–H groups in total. The highest BCUT2D eigenvalue weighted by Gasteiger charge is 2.14. The molecule has 2 rings (SSSR count). The van der Waals surface area contributed by atoms with Crippen molar-refractivity contribution in [3.8, 4) is 5.75 Å². The van der Waals surface area contributed by atoms with Crippen LogP contribution in [0.25, 0.3) is 10.9 Å². The minimum atomic E-state index is -3.50. The van der Waals surface area contributed by atoms with Crippen LogP contribution in [0.15, 0.2) is 18.2 Å². The number of fused-ring (bicyclic) bond motifs is 1. The van der Waals surface area contributed by atoms with E-state index in [-0.39, 0.29) is 0 Å². The summed E-state index contributed by atoms with van der Waals surface area (Å²) in [7, 11) is -3.50. The van der Waals surface area contributed by atoms with Gasteiger partial charge in [-0.15, -0.1) is 0 Å². The normalized spacial score (nSPS) is 14.7. The van der Waals surface area contributed by atoms with Crippen molar-refractivity contribution in [3.05, 3.63) is 29.5 Å². The van der Waals surface area contributed by atoms with Crippen molar-refractivity contribution in [2.75, 3.05) is 6.66 Å². The Morgan fingerprint density at radius 3 is 2.61 bits per heavy atom. The van der Waals surface area contributed by atoms with Crippen LogP contribution in [0.2, 0.25) is 0 Å². The molecule has 1 atom stereocenters. The molecule has 0 amide bonds. The van der Waals surface area contributed by atoms with Crippen molar-refractivity contribution in [2.45, 2.75) is 26.7 Å². The van der Waals surface area contributed by atoms with E-state index < -0.39 is 7.60 Å². The van der Waals surface area contributed by atoms with Gasteiger partial charge >= 0.3 is 7.60 Å². The lowest BCUT2D eigenvalue weighted by atomic mass is 10.1. The maximum atomic E-state index is 11.3. The Kier molecular flexibility index (Phi) is 3.51. The van der Waals surface area contributed by atoms with Crippen molar-refractivity contribution >= 4 is 18.5 Å². The van der Waals surface area contributed by atoms with Crippen LogP contribution in [0.5, 0.6) is 5.75 Å². The van der Waals surface area contributed by atoms with Gasteiger partial charge in [0.15, 0.2) is 0 Å². The highest BCUT2D eigenvalue weighted by molar-refractivity contribution is 7.52. The number of aryl methyl sites for hydroxylation is 2. The molecule has 0 saturated carbocycles. The van der Waals surface area contributed by atoms with Gasteiger partial charge in [-0.2, -0.15) is 0 Å².